The second-order valence-electron chi connectivity index (χ2n) is 3.84. The average molecular weight is 298 g/mol. The minimum absolute atomic E-state index is 0.0702. The molecule has 2 aromatic rings. The Hall–Kier alpha value is -1.58. The molecule has 0 spiro atoms. The molecule has 1 N–H and O–H groups in total. The van der Waals surface area contributed by atoms with Crippen molar-refractivity contribution in [2.45, 2.75) is 5.88 Å². The highest BCUT2D eigenvalue weighted by atomic mass is 35.5. The van der Waals surface area contributed by atoms with Crippen LogP contribution in [0.1, 0.15) is 15.9 Å². The van der Waals surface area contributed by atoms with E-state index in [0.717, 1.165) is 5.56 Å². The summed E-state index contributed by atoms with van der Waals surface area (Å²) in [5, 5.41) is 2.68. The molecule has 0 atom stereocenters. The molecule has 2 nitrogen and oxygen atoms in total. The van der Waals surface area contributed by atoms with Crippen molar-refractivity contribution < 1.29 is 9.18 Å². The molecule has 0 bridgehead atoms. The lowest BCUT2D eigenvalue weighted by molar-refractivity contribution is 0.102. The van der Waals surface area contributed by atoms with Crippen molar-refractivity contribution in [3.63, 3.8) is 0 Å². The number of rotatable bonds is 3. The molecule has 0 fully saturated rings. The lowest BCUT2D eigenvalue weighted by Gasteiger charge is -2.10. The Morgan fingerprint density at radius 1 is 1.16 bits per heavy atom. The Morgan fingerprint density at radius 3 is 2.58 bits per heavy atom. The zero-order valence-electron chi connectivity index (χ0n) is 9.79. The molecule has 0 heterocycles. The first-order valence-corrected chi connectivity index (χ1v) is 6.44. The van der Waals surface area contributed by atoms with Gasteiger partial charge in [-0.25, -0.2) is 4.39 Å². The summed E-state index contributed by atoms with van der Waals surface area (Å²) < 4.78 is 13.6. The Balaban J connectivity index is 2.31. The number of carbonyl (C=O) groups excluding carboxylic acids is 1. The Kier molecular flexibility index (Phi) is 4.40. The molecule has 2 rings (SSSR count). The zero-order valence-corrected chi connectivity index (χ0v) is 11.3. The summed E-state index contributed by atoms with van der Waals surface area (Å²) in [4.78, 5) is 12.0. The van der Waals surface area contributed by atoms with Gasteiger partial charge in [0.2, 0.25) is 0 Å². The van der Waals surface area contributed by atoms with Gasteiger partial charge in [0.15, 0.2) is 0 Å². The number of nitrogens with one attached hydrogen (secondary N) is 1. The van der Waals surface area contributed by atoms with E-state index >= 15 is 0 Å². The number of hydrogen-bond acceptors (Lipinski definition) is 1. The molecule has 0 radical (unpaired) electrons. The molecule has 0 aromatic heterocycles. The number of halogens is 3. The minimum Gasteiger partial charge on any atom is -0.322 e. The topological polar surface area (TPSA) is 29.1 Å². The molecule has 0 aliphatic carbocycles. The van der Waals surface area contributed by atoms with Crippen LogP contribution >= 0.6 is 23.2 Å². The van der Waals surface area contributed by atoms with Gasteiger partial charge >= 0.3 is 0 Å². The van der Waals surface area contributed by atoms with E-state index in [2.05, 4.69) is 5.32 Å². The fraction of sp³-hybridized carbons (Fsp3) is 0.0714. The first-order valence-electron chi connectivity index (χ1n) is 5.52. The average Bonchev–Trinajstić information content (AvgIpc) is 2.39. The summed E-state index contributed by atoms with van der Waals surface area (Å²) >= 11 is 11.6. The lowest BCUT2D eigenvalue weighted by atomic mass is 10.1. The summed E-state index contributed by atoms with van der Waals surface area (Å²) in [7, 11) is 0. The smallest absolute Gasteiger partial charge is 0.260 e. The van der Waals surface area contributed by atoms with Gasteiger partial charge in [-0.05, 0) is 23.8 Å². The third kappa shape index (κ3) is 3.06. The molecule has 2 aromatic carbocycles. The van der Waals surface area contributed by atoms with Gasteiger partial charge in [0.05, 0.1) is 10.6 Å². The zero-order chi connectivity index (χ0) is 13.8. The summed E-state index contributed by atoms with van der Waals surface area (Å²) in [5.41, 5.74) is 1.13. The molecule has 19 heavy (non-hydrogen) atoms. The first kappa shape index (κ1) is 13.8. The van der Waals surface area contributed by atoms with Crippen LogP contribution in [0.3, 0.4) is 0 Å². The Labute approximate surface area is 120 Å². The van der Waals surface area contributed by atoms with Crippen LogP contribution in [0.2, 0.25) is 5.02 Å². The highest BCUT2D eigenvalue weighted by molar-refractivity contribution is 6.34. The lowest BCUT2D eigenvalue weighted by Crippen LogP contribution is -2.15. The largest absolute Gasteiger partial charge is 0.322 e. The van der Waals surface area contributed by atoms with Gasteiger partial charge in [-0.3, -0.25) is 4.79 Å². The summed E-state index contributed by atoms with van der Waals surface area (Å²) in [6.45, 7) is 0. The maximum atomic E-state index is 13.6. The highest BCUT2D eigenvalue weighted by Crippen LogP contribution is 2.22. The quantitative estimate of drug-likeness (QED) is 0.832. The van der Waals surface area contributed by atoms with Crippen molar-refractivity contribution in [2.24, 2.45) is 0 Å². The van der Waals surface area contributed by atoms with Crippen molar-refractivity contribution >= 4 is 34.8 Å². The maximum Gasteiger partial charge on any atom is 0.260 e. The molecule has 0 aliphatic heterocycles. The molecular weight excluding hydrogens is 288 g/mol. The molecule has 0 unspecified atom stereocenters. The number of alkyl halides is 1. The van der Waals surface area contributed by atoms with E-state index in [0.29, 0.717) is 5.69 Å². The second kappa shape index (κ2) is 6.04. The van der Waals surface area contributed by atoms with Crippen LogP contribution in [-0.4, -0.2) is 5.91 Å². The monoisotopic (exact) mass is 297 g/mol. The fourth-order valence-corrected chi connectivity index (χ4v) is 2.14. The molecule has 5 heteroatoms. The predicted molar refractivity (Wildman–Crippen MR) is 75.4 cm³/mol. The third-order valence-electron chi connectivity index (χ3n) is 2.60. The Morgan fingerprint density at radius 2 is 1.89 bits per heavy atom. The van der Waals surface area contributed by atoms with E-state index in [1.807, 2.05) is 6.07 Å². The number of carbonyl (C=O) groups is 1. The van der Waals surface area contributed by atoms with E-state index in [4.69, 9.17) is 23.2 Å². The SMILES string of the molecule is O=C(Nc1ccccc1CCl)c1c(F)cccc1Cl. The number of hydrogen-bond donors (Lipinski definition) is 1. The number of amides is 1. The van der Waals surface area contributed by atoms with E-state index in [-0.39, 0.29) is 16.5 Å². The van der Waals surface area contributed by atoms with E-state index in [1.54, 1.807) is 18.2 Å². The fourth-order valence-electron chi connectivity index (χ4n) is 1.66. The van der Waals surface area contributed by atoms with Crippen molar-refractivity contribution in [1.82, 2.24) is 0 Å². The van der Waals surface area contributed by atoms with Crippen molar-refractivity contribution in [1.29, 1.82) is 0 Å². The molecule has 98 valence electrons. The van der Waals surface area contributed by atoms with Gasteiger partial charge in [-0.15, -0.1) is 11.6 Å². The summed E-state index contributed by atoms with van der Waals surface area (Å²) in [6.07, 6.45) is 0. The predicted octanol–water partition coefficient (Wildman–Crippen LogP) is 4.47. The molecule has 0 aliphatic rings. The number of para-hydroxylation sites is 1. The van der Waals surface area contributed by atoms with E-state index < -0.39 is 11.7 Å². The van der Waals surface area contributed by atoms with E-state index in [9.17, 15) is 9.18 Å². The third-order valence-corrected chi connectivity index (χ3v) is 3.20. The van der Waals surface area contributed by atoms with Crippen molar-refractivity contribution in [3.05, 3.63) is 64.4 Å². The van der Waals surface area contributed by atoms with Crippen LogP contribution < -0.4 is 5.32 Å². The van der Waals surface area contributed by atoms with Gasteiger partial charge in [-0.2, -0.15) is 0 Å². The number of benzene rings is 2. The van der Waals surface area contributed by atoms with E-state index in [1.165, 1.54) is 18.2 Å². The maximum absolute atomic E-state index is 13.6. The Bertz CT molecular complexity index is 596. The first-order chi connectivity index (χ1) is 9.13. The van der Waals surface area contributed by atoms with Gasteiger partial charge in [-0.1, -0.05) is 35.9 Å². The molecular formula is C14H10Cl2FNO. The molecule has 0 saturated carbocycles. The van der Waals surface area contributed by atoms with Crippen LogP contribution in [-0.2, 0) is 5.88 Å². The number of anilines is 1. The highest BCUT2D eigenvalue weighted by Gasteiger charge is 2.16. The van der Waals surface area contributed by atoms with Gasteiger partial charge in [0.25, 0.3) is 5.91 Å². The van der Waals surface area contributed by atoms with Crippen LogP contribution in [0.15, 0.2) is 42.5 Å². The van der Waals surface area contributed by atoms with Gasteiger partial charge in [0.1, 0.15) is 5.82 Å². The van der Waals surface area contributed by atoms with Gasteiger partial charge in [0, 0.05) is 11.6 Å². The van der Waals surface area contributed by atoms with Gasteiger partial charge < -0.3 is 5.32 Å². The van der Waals surface area contributed by atoms with Crippen LogP contribution in [0, 0.1) is 5.82 Å². The summed E-state index contributed by atoms with van der Waals surface area (Å²) in [5.74, 6) is -1.00. The minimum atomic E-state index is -0.659. The normalized spacial score (nSPS) is 10.3. The molecule has 0 saturated heterocycles. The van der Waals surface area contributed by atoms with Crippen molar-refractivity contribution in [2.75, 3.05) is 5.32 Å². The second-order valence-corrected chi connectivity index (χ2v) is 4.52. The van der Waals surface area contributed by atoms with Crippen LogP contribution in [0.5, 0.6) is 0 Å². The summed E-state index contributed by atoms with van der Waals surface area (Å²) in [6, 6.07) is 11.1. The van der Waals surface area contributed by atoms with Crippen LogP contribution in [0.25, 0.3) is 0 Å². The van der Waals surface area contributed by atoms with Crippen molar-refractivity contribution in [3.8, 4) is 0 Å². The standard InChI is InChI=1S/C14H10Cl2FNO/c15-8-9-4-1-2-7-12(9)18-14(19)13-10(16)5-3-6-11(13)17/h1-7H,8H2,(H,18,19). The van der Waals surface area contributed by atoms with Crippen LogP contribution in [0.4, 0.5) is 10.1 Å². The molecule has 1 amide bonds.